The number of aromatic nitrogens is 2. The summed E-state index contributed by atoms with van der Waals surface area (Å²) in [6.07, 6.45) is 0.988. The molecule has 0 bridgehead atoms. The summed E-state index contributed by atoms with van der Waals surface area (Å²) >= 11 is 0. The third-order valence-corrected chi connectivity index (χ3v) is 1.03. The molecule has 0 aliphatic rings. The van der Waals surface area contributed by atoms with Crippen LogP contribution in [0.1, 0.15) is 5.69 Å². The van der Waals surface area contributed by atoms with Crippen molar-refractivity contribution in [3.63, 3.8) is 0 Å². The largest absolute Gasteiger partial charge is 0.395 e. The third kappa shape index (κ3) is 0.960. The van der Waals surface area contributed by atoms with Gasteiger partial charge in [-0.3, -0.25) is 0 Å². The van der Waals surface area contributed by atoms with E-state index in [4.69, 9.17) is 5.73 Å². The van der Waals surface area contributed by atoms with Gasteiger partial charge in [-0.2, -0.15) is 10.2 Å². The fraction of sp³-hybridized carbons (Fsp3) is 0.200. The molecule has 0 amide bonds. The molecule has 0 aliphatic heterocycles. The van der Waals surface area contributed by atoms with Crippen molar-refractivity contribution < 1.29 is 4.39 Å². The first-order chi connectivity index (χ1) is 4.22. The normalized spacial score (nSPS) is 9.56. The zero-order valence-electron chi connectivity index (χ0n) is 4.93. The molecule has 0 aliphatic carbocycles. The van der Waals surface area contributed by atoms with E-state index in [2.05, 4.69) is 10.2 Å². The van der Waals surface area contributed by atoms with Gasteiger partial charge in [-0.15, -0.1) is 0 Å². The second-order valence-electron chi connectivity index (χ2n) is 1.69. The van der Waals surface area contributed by atoms with Crippen molar-refractivity contribution in [1.82, 2.24) is 10.2 Å². The Hall–Kier alpha value is -1.19. The molecule has 48 valence electrons. The number of anilines is 1. The second kappa shape index (κ2) is 1.97. The predicted octanol–water partition coefficient (Wildman–Crippen LogP) is 0.506. The molecule has 0 fully saturated rings. The van der Waals surface area contributed by atoms with Crippen molar-refractivity contribution in [3.05, 3.63) is 17.7 Å². The highest BCUT2D eigenvalue weighted by molar-refractivity contribution is 5.41. The molecule has 0 aromatic carbocycles. The van der Waals surface area contributed by atoms with Crippen molar-refractivity contribution >= 4 is 5.69 Å². The minimum absolute atomic E-state index is 0.0741. The first-order valence-corrected chi connectivity index (χ1v) is 2.45. The molecule has 1 rings (SSSR count). The summed E-state index contributed by atoms with van der Waals surface area (Å²) < 4.78 is 12.4. The molecule has 0 unspecified atom stereocenters. The minimum atomic E-state index is -0.512. The van der Waals surface area contributed by atoms with Gasteiger partial charge in [0.1, 0.15) is 0 Å². The highest BCUT2D eigenvalue weighted by atomic mass is 19.1. The number of nitrogens with two attached hydrogens (primary N) is 1. The Morgan fingerprint density at radius 2 is 2.33 bits per heavy atom. The van der Waals surface area contributed by atoms with Gasteiger partial charge in [-0.25, -0.2) is 4.39 Å². The molecular weight excluding hydrogens is 121 g/mol. The summed E-state index contributed by atoms with van der Waals surface area (Å²) in [7, 11) is 0. The summed E-state index contributed by atoms with van der Waals surface area (Å²) in [6.45, 7) is 1.60. The van der Waals surface area contributed by atoms with E-state index in [0.717, 1.165) is 6.20 Å². The van der Waals surface area contributed by atoms with Gasteiger partial charge >= 0.3 is 0 Å². The fourth-order valence-electron chi connectivity index (χ4n) is 0.462. The first-order valence-electron chi connectivity index (χ1n) is 2.45. The minimum Gasteiger partial charge on any atom is -0.395 e. The van der Waals surface area contributed by atoms with Gasteiger partial charge < -0.3 is 5.73 Å². The number of aryl methyl sites for hydroxylation is 1. The van der Waals surface area contributed by atoms with E-state index in [1.807, 2.05) is 0 Å². The van der Waals surface area contributed by atoms with E-state index in [1.165, 1.54) is 0 Å². The molecule has 3 nitrogen and oxygen atoms in total. The van der Waals surface area contributed by atoms with Gasteiger partial charge in [0.05, 0.1) is 17.6 Å². The molecule has 0 atom stereocenters. The topological polar surface area (TPSA) is 51.8 Å². The zero-order chi connectivity index (χ0) is 6.85. The zero-order valence-corrected chi connectivity index (χ0v) is 4.93. The quantitative estimate of drug-likeness (QED) is 0.552. The Morgan fingerprint density at radius 1 is 1.67 bits per heavy atom. The Kier molecular flexibility index (Phi) is 1.30. The maximum absolute atomic E-state index is 12.4. The van der Waals surface area contributed by atoms with Crippen LogP contribution in [0.15, 0.2) is 6.20 Å². The van der Waals surface area contributed by atoms with Crippen LogP contribution >= 0.6 is 0 Å². The average molecular weight is 127 g/mol. The van der Waals surface area contributed by atoms with Crippen LogP contribution in [0.4, 0.5) is 10.1 Å². The van der Waals surface area contributed by atoms with Gasteiger partial charge in [0.2, 0.25) is 0 Å². The average Bonchev–Trinajstić information content (AvgIpc) is 1.83. The molecule has 0 radical (unpaired) electrons. The third-order valence-electron chi connectivity index (χ3n) is 1.03. The van der Waals surface area contributed by atoms with Gasteiger partial charge in [0.15, 0.2) is 5.82 Å². The van der Waals surface area contributed by atoms with Crippen LogP contribution in [0.25, 0.3) is 0 Å². The summed E-state index contributed by atoms with van der Waals surface area (Å²) in [6, 6.07) is 0. The molecule has 0 saturated heterocycles. The lowest BCUT2D eigenvalue weighted by Crippen LogP contribution is -1.98. The number of hydrogen-bond acceptors (Lipinski definition) is 3. The van der Waals surface area contributed by atoms with Gasteiger partial charge in [-0.05, 0) is 6.92 Å². The maximum Gasteiger partial charge on any atom is 0.168 e. The Balaban J connectivity index is 3.25. The van der Waals surface area contributed by atoms with E-state index >= 15 is 0 Å². The van der Waals surface area contributed by atoms with Gasteiger partial charge in [-0.1, -0.05) is 0 Å². The van der Waals surface area contributed by atoms with Crippen LogP contribution in [0.2, 0.25) is 0 Å². The fourth-order valence-corrected chi connectivity index (χ4v) is 0.462. The number of halogens is 1. The molecule has 0 saturated carbocycles. The van der Waals surface area contributed by atoms with Crippen LogP contribution in [0, 0.1) is 12.7 Å². The standard InChI is InChI=1S/C5H6FN3/c1-3-5(7)4(6)2-8-9-3/h2H,1H3,(H2,7,8). The summed E-state index contributed by atoms with van der Waals surface area (Å²) in [5.41, 5.74) is 5.70. The van der Waals surface area contributed by atoms with Crippen molar-refractivity contribution in [1.29, 1.82) is 0 Å². The Labute approximate surface area is 51.7 Å². The Morgan fingerprint density at radius 3 is 2.78 bits per heavy atom. The van der Waals surface area contributed by atoms with Gasteiger partial charge in [0.25, 0.3) is 0 Å². The highest BCUT2D eigenvalue weighted by Gasteiger charge is 1.99. The molecule has 1 aromatic rings. The van der Waals surface area contributed by atoms with E-state index in [1.54, 1.807) is 6.92 Å². The molecule has 2 N–H and O–H groups in total. The highest BCUT2D eigenvalue weighted by Crippen LogP contribution is 2.08. The maximum atomic E-state index is 12.4. The number of rotatable bonds is 0. The lowest BCUT2D eigenvalue weighted by Gasteiger charge is -1.95. The van der Waals surface area contributed by atoms with Crippen LogP contribution in [0.3, 0.4) is 0 Å². The molecular formula is C5H6FN3. The summed E-state index contributed by atoms with van der Waals surface area (Å²) in [5, 5.41) is 6.86. The lowest BCUT2D eigenvalue weighted by molar-refractivity contribution is 0.617. The van der Waals surface area contributed by atoms with Gasteiger partial charge in [0, 0.05) is 0 Å². The SMILES string of the molecule is Cc1nncc(F)c1N. The van der Waals surface area contributed by atoms with Crippen LogP contribution in [-0.2, 0) is 0 Å². The summed E-state index contributed by atoms with van der Waals surface area (Å²) in [5.74, 6) is -0.512. The smallest absolute Gasteiger partial charge is 0.168 e. The van der Waals surface area contributed by atoms with E-state index in [9.17, 15) is 4.39 Å². The van der Waals surface area contributed by atoms with E-state index < -0.39 is 5.82 Å². The van der Waals surface area contributed by atoms with E-state index in [-0.39, 0.29) is 5.69 Å². The van der Waals surface area contributed by atoms with Crippen LogP contribution in [0.5, 0.6) is 0 Å². The van der Waals surface area contributed by atoms with Crippen molar-refractivity contribution in [3.8, 4) is 0 Å². The van der Waals surface area contributed by atoms with E-state index in [0.29, 0.717) is 5.69 Å². The molecule has 4 heteroatoms. The first kappa shape index (κ1) is 5.94. The number of nitrogen functional groups attached to an aromatic ring is 1. The molecule has 1 heterocycles. The summed E-state index contributed by atoms with van der Waals surface area (Å²) in [4.78, 5) is 0. The number of hydrogen-bond donors (Lipinski definition) is 1. The predicted molar refractivity (Wildman–Crippen MR) is 31.1 cm³/mol. The molecule has 9 heavy (non-hydrogen) atoms. The van der Waals surface area contributed by atoms with Crippen molar-refractivity contribution in [2.45, 2.75) is 6.92 Å². The van der Waals surface area contributed by atoms with Crippen molar-refractivity contribution in [2.24, 2.45) is 0 Å². The van der Waals surface area contributed by atoms with Crippen molar-refractivity contribution in [2.75, 3.05) is 5.73 Å². The second-order valence-corrected chi connectivity index (χ2v) is 1.69. The molecule has 0 spiro atoms. The lowest BCUT2D eigenvalue weighted by atomic mass is 10.3. The monoisotopic (exact) mass is 127 g/mol. The Bertz CT molecular complexity index is 203. The van der Waals surface area contributed by atoms with Crippen LogP contribution < -0.4 is 5.73 Å². The molecule has 1 aromatic heterocycles. The number of nitrogens with zero attached hydrogens (tertiary/aromatic N) is 2. The van der Waals surface area contributed by atoms with Crippen LogP contribution in [-0.4, -0.2) is 10.2 Å².